The van der Waals surface area contributed by atoms with Gasteiger partial charge in [0.15, 0.2) is 0 Å². The van der Waals surface area contributed by atoms with Gasteiger partial charge in [0.25, 0.3) is 0 Å². The minimum absolute atomic E-state index is 0.313. The Bertz CT molecular complexity index is 433. The zero-order chi connectivity index (χ0) is 15.5. The van der Waals surface area contributed by atoms with Crippen molar-refractivity contribution < 1.29 is 0 Å². The second-order valence-corrected chi connectivity index (χ2v) is 7.43. The van der Waals surface area contributed by atoms with Crippen LogP contribution < -0.4 is 10.2 Å². The third-order valence-corrected chi connectivity index (χ3v) is 4.97. The Morgan fingerprint density at radius 1 is 1.24 bits per heavy atom. The minimum Gasteiger partial charge on any atom is -0.370 e. The van der Waals surface area contributed by atoms with Crippen molar-refractivity contribution in [1.82, 2.24) is 10.3 Å². The molecular formula is C18H31N3. The topological polar surface area (TPSA) is 28.2 Å². The Balaban J connectivity index is 2.02. The lowest BCUT2D eigenvalue weighted by molar-refractivity contribution is 0.220. The van der Waals surface area contributed by atoms with E-state index in [-0.39, 0.29) is 0 Å². The van der Waals surface area contributed by atoms with Crippen LogP contribution >= 0.6 is 0 Å². The van der Waals surface area contributed by atoms with Crippen LogP contribution in [0.3, 0.4) is 0 Å². The van der Waals surface area contributed by atoms with Crippen LogP contribution in [0, 0.1) is 11.3 Å². The molecule has 1 saturated heterocycles. The van der Waals surface area contributed by atoms with Crippen molar-refractivity contribution in [2.75, 3.05) is 25.0 Å². The van der Waals surface area contributed by atoms with Crippen LogP contribution in [-0.2, 0) is 0 Å². The van der Waals surface area contributed by atoms with Gasteiger partial charge < -0.3 is 10.2 Å². The highest BCUT2D eigenvalue weighted by atomic mass is 15.1. The standard InChI is InChI=1S/C18H31N3/c1-14(19-5)17-9-8-16(13-20-17)21-11-6-7-15(10-12-21)18(2,3)4/h8-9,13-15,19H,6-7,10-12H2,1-5H3. The number of nitrogens with zero attached hydrogens (tertiary/aromatic N) is 2. The Morgan fingerprint density at radius 3 is 2.57 bits per heavy atom. The maximum absolute atomic E-state index is 4.62. The molecule has 1 fully saturated rings. The number of aromatic nitrogens is 1. The second kappa shape index (κ2) is 6.78. The second-order valence-electron chi connectivity index (χ2n) is 7.43. The van der Waals surface area contributed by atoms with E-state index in [4.69, 9.17) is 0 Å². The Hall–Kier alpha value is -1.09. The molecule has 2 atom stereocenters. The van der Waals surface area contributed by atoms with Gasteiger partial charge in [-0.15, -0.1) is 0 Å². The molecule has 0 aliphatic carbocycles. The summed E-state index contributed by atoms with van der Waals surface area (Å²) in [6, 6.07) is 4.70. The summed E-state index contributed by atoms with van der Waals surface area (Å²) in [5, 5.41) is 3.24. The molecule has 2 rings (SSSR count). The fourth-order valence-electron chi connectivity index (χ4n) is 3.21. The maximum atomic E-state index is 4.62. The molecule has 0 bridgehead atoms. The van der Waals surface area contributed by atoms with Crippen molar-refractivity contribution in [2.24, 2.45) is 11.3 Å². The molecule has 0 spiro atoms. The van der Waals surface area contributed by atoms with Crippen LogP contribution in [0.15, 0.2) is 18.3 Å². The first-order chi connectivity index (χ1) is 9.91. The van der Waals surface area contributed by atoms with Crippen LogP contribution in [0.4, 0.5) is 5.69 Å². The number of hydrogen-bond donors (Lipinski definition) is 1. The van der Waals surface area contributed by atoms with Crippen molar-refractivity contribution in [1.29, 1.82) is 0 Å². The van der Waals surface area contributed by atoms with Gasteiger partial charge >= 0.3 is 0 Å². The highest BCUT2D eigenvalue weighted by Crippen LogP contribution is 2.35. The molecule has 1 N–H and O–H groups in total. The number of rotatable bonds is 3. The molecule has 1 aromatic rings. The molecule has 0 aromatic carbocycles. The highest BCUT2D eigenvalue weighted by Gasteiger charge is 2.27. The van der Waals surface area contributed by atoms with E-state index in [1.54, 1.807) is 0 Å². The molecule has 1 aliphatic heterocycles. The largest absolute Gasteiger partial charge is 0.370 e. The van der Waals surface area contributed by atoms with Gasteiger partial charge in [-0.1, -0.05) is 20.8 Å². The van der Waals surface area contributed by atoms with Gasteiger partial charge in [-0.25, -0.2) is 0 Å². The van der Waals surface area contributed by atoms with Crippen LogP contribution in [0.2, 0.25) is 0 Å². The molecule has 0 amide bonds. The fourth-order valence-corrected chi connectivity index (χ4v) is 3.21. The highest BCUT2D eigenvalue weighted by molar-refractivity contribution is 5.44. The molecule has 2 heterocycles. The fraction of sp³-hybridized carbons (Fsp3) is 0.722. The third kappa shape index (κ3) is 4.19. The molecule has 0 saturated carbocycles. The van der Waals surface area contributed by atoms with Gasteiger partial charge in [0.1, 0.15) is 0 Å². The number of nitrogens with one attached hydrogen (secondary N) is 1. The van der Waals surface area contributed by atoms with E-state index >= 15 is 0 Å². The van der Waals surface area contributed by atoms with Crippen LogP contribution in [0.5, 0.6) is 0 Å². The smallest absolute Gasteiger partial charge is 0.0571 e. The summed E-state index contributed by atoms with van der Waals surface area (Å²) < 4.78 is 0. The van der Waals surface area contributed by atoms with Crippen molar-refractivity contribution in [3.8, 4) is 0 Å². The molecule has 21 heavy (non-hydrogen) atoms. The summed E-state index contributed by atoms with van der Waals surface area (Å²) in [7, 11) is 1.97. The van der Waals surface area contributed by atoms with Crippen LogP contribution in [-0.4, -0.2) is 25.1 Å². The summed E-state index contributed by atoms with van der Waals surface area (Å²) in [5.74, 6) is 0.832. The van der Waals surface area contributed by atoms with Crippen LogP contribution in [0.1, 0.15) is 58.7 Å². The summed E-state index contributed by atoms with van der Waals surface area (Å²) in [5.41, 5.74) is 2.82. The van der Waals surface area contributed by atoms with E-state index in [0.29, 0.717) is 11.5 Å². The van der Waals surface area contributed by atoms with E-state index in [2.05, 4.69) is 55.0 Å². The van der Waals surface area contributed by atoms with E-state index in [1.807, 2.05) is 13.2 Å². The quantitative estimate of drug-likeness (QED) is 0.911. The van der Waals surface area contributed by atoms with Crippen molar-refractivity contribution in [2.45, 2.75) is 53.0 Å². The van der Waals surface area contributed by atoms with Gasteiger partial charge in [0.2, 0.25) is 0 Å². The lowest BCUT2D eigenvalue weighted by Crippen LogP contribution is -2.26. The van der Waals surface area contributed by atoms with Crippen molar-refractivity contribution in [3.05, 3.63) is 24.0 Å². The predicted molar refractivity (Wildman–Crippen MR) is 90.7 cm³/mol. The van der Waals surface area contributed by atoms with Gasteiger partial charge in [-0.3, -0.25) is 4.98 Å². The molecule has 3 heteroatoms. The lowest BCUT2D eigenvalue weighted by Gasteiger charge is -2.30. The Kier molecular flexibility index (Phi) is 5.26. The third-order valence-electron chi connectivity index (χ3n) is 4.97. The average Bonchev–Trinajstić information content (AvgIpc) is 2.72. The zero-order valence-corrected chi connectivity index (χ0v) is 14.3. The van der Waals surface area contributed by atoms with E-state index in [1.165, 1.54) is 24.9 Å². The minimum atomic E-state index is 0.313. The van der Waals surface area contributed by atoms with Gasteiger partial charge in [-0.2, -0.15) is 0 Å². The van der Waals surface area contributed by atoms with Crippen molar-refractivity contribution >= 4 is 5.69 Å². The first-order valence-electron chi connectivity index (χ1n) is 8.30. The molecule has 1 aromatic heterocycles. The maximum Gasteiger partial charge on any atom is 0.0571 e. The average molecular weight is 289 g/mol. The number of pyridine rings is 1. The summed E-state index contributed by atoms with van der Waals surface area (Å²) in [6.07, 6.45) is 5.97. The number of hydrogen-bond acceptors (Lipinski definition) is 3. The first kappa shape index (κ1) is 16.3. The molecule has 118 valence electrons. The molecular weight excluding hydrogens is 258 g/mol. The monoisotopic (exact) mass is 289 g/mol. The summed E-state index contributed by atoms with van der Waals surface area (Å²) >= 11 is 0. The van der Waals surface area contributed by atoms with E-state index in [9.17, 15) is 0 Å². The molecule has 3 nitrogen and oxygen atoms in total. The predicted octanol–water partition coefficient (Wildman–Crippen LogP) is 4.01. The van der Waals surface area contributed by atoms with E-state index < -0.39 is 0 Å². The van der Waals surface area contributed by atoms with E-state index in [0.717, 1.165) is 24.7 Å². The van der Waals surface area contributed by atoms with Gasteiger partial charge in [0, 0.05) is 19.1 Å². The SMILES string of the molecule is CNC(C)c1ccc(N2CCCC(C(C)(C)C)CC2)cn1. The summed E-state index contributed by atoms with van der Waals surface area (Å²) in [6.45, 7) is 11.6. The molecule has 2 unspecified atom stereocenters. The Morgan fingerprint density at radius 2 is 2.00 bits per heavy atom. The first-order valence-corrected chi connectivity index (χ1v) is 8.30. The Labute approximate surface area is 130 Å². The number of anilines is 1. The van der Waals surface area contributed by atoms with Crippen LogP contribution in [0.25, 0.3) is 0 Å². The lowest BCUT2D eigenvalue weighted by atomic mass is 9.77. The van der Waals surface area contributed by atoms with Gasteiger partial charge in [-0.05, 0) is 56.7 Å². The van der Waals surface area contributed by atoms with Gasteiger partial charge in [0.05, 0.1) is 17.6 Å². The summed E-state index contributed by atoms with van der Waals surface area (Å²) in [4.78, 5) is 7.13. The molecule has 0 radical (unpaired) electrons. The van der Waals surface area contributed by atoms with Crippen molar-refractivity contribution in [3.63, 3.8) is 0 Å². The zero-order valence-electron chi connectivity index (χ0n) is 14.3. The molecule has 1 aliphatic rings. The normalized spacial score (nSPS) is 22.0.